The Balaban J connectivity index is 1.59. The number of aliphatic hydroxyl groups is 1. The highest BCUT2D eigenvalue weighted by atomic mass is 16.5. The molecule has 3 rings (SSSR count). The zero-order valence-electron chi connectivity index (χ0n) is 10.9. The molecule has 2 fully saturated rings. The number of hydrogen-bond acceptors (Lipinski definition) is 5. The fourth-order valence-corrected chi connectivity index (χ4v) is 2.77. The second-order valence-corrected chi connectivity index (χ2v) is 5.66. The van der Waals surface area contributed by atoms with E-state index in [4.69, 9.17) is 4.52 Å². The molecule has 1 N–H and O–H groups in total. The summed E-state index contributed by atoms with van der Waals surface area (Å²) < 4.78 is 5.25. The van der Waals surface area contributed by atoms with Crippen LogP contribution in [0.4, 0.5) is 0 Å². The monoisotopic (exact) mass is 251 g/mol. The standard InChI is InChI=1S/C13H21N3O2/c1-16(10-4-2-3-5-11(10)17)8-12-14-13(18-15-12)9-6-7-9/h9-11,17H,2-8H2,1H3. The summed E-state index contributed by atoms with van der Waals surface area (Å²) in [6.07, 6.45) is 6.46. The van der Waals surface area contributed by atoms with Crippen molar-refractivity contribution in [3.63, 3.8) is 0 Å². The first-order chi connectivity index (χ1) is 8.74. The molecule has 0 aromatic carbocycles. The van der Waals surface area contributed by atoms with Crippen LogP contribution in [0, 0.1) is 0 Å². The minimum Gasteiger partial charge on any atom is -0.391 e. The van der Waals surface area contributed by atoms with E-state index in [0.717, 1.165) is 31.0 Å². The van der Waals surface area contributed by atoms with Crippen molar-refractivity contribution in [1.82, 2.24) is 15.0 Å². The van der Waals surface area contributed by atoms with Crippen LogP contribution in [0.3, 0.4) is 0 Å². The Kier molecular flexibility index (Phi) is 3.35. The van der Waals surface area contributed by atoms with E-state index >= 15 is 0 Å². The SMILES string of the molecule is CN(Cc1noc(C2CC2)n1)C1CCCCC1O. The molecule has 2 atom stereocenters. The first kappa shape index (κ1) is 12.1. The largest absolute Gasteiger partial charge is 0.391 e. The zero-order valence-corrected chi connectivity index (χ0v) is 10.9. The van der Waals surface area contributed by atoms with E-state index in [2.05, 4.69) is 15.0 Å². The number of hydrogen-bond donors (Lipinski definition) is 1. The summed E-state index contributed by atoms with van der Waals surface area (Å²) >= 11 is 0. The molecule has 5 nitrogen and oxygen atoms in total. The van der Waals surface area contributed by atoms with E-state index in [1.807, 2.05) is 7.05 Å². The average molecular weight is 251 g/mol. The summed E-state index contributed by atoms with van der Waals surface area (Å²) in [6.45, 7) is 0.665. The van der Waals surface area contributed by atoms with Gasteiger partial charge in [0.15, 0.2) is 5.82 Å². The maximum Gasteiger partial charge on any atom is 0.229 e. The molecular weight excluding hydrogens is 230 g/mol. The van der Waals surface area contributed by atoms with Crippen LogP contribution in [0.25, 0.3) is 0 Å². The van der Waals surface area contributed by atoms with E-state index in [-0.39, 0.29) is 12.1 Å². The molecule has 2 unspecified atom stereocenters. The molecule has 0 radical (unpaired) electrons. The van der Waals surface area contributed by atoms with Gasteiger partial charge in [-0.25, -0.2) is 0 Å². The highest BCUT2D eigenvalue weighted by Gasteiger charge is 2.31. The Bertz CT molecular complexity index is 403. The molecule has 18 heavy (non-hydrogen) atoms. The highest BCUT2D eigenvalue weighted by molar-refractivity contribution is 5.01. The molecule has 5 heteroatoms. The van der Waals surface area contributed by atoms with Crippen LogP contribution in [-0.2, 0) is 6.54 Å². The molecule has 100 valence electrons. The number of likely N-dealkylation sites (N-methyl/N-ethyl adjacent to an activating group) is 1. The summed E-state index contributed by atoms with van der Waals surface area (Å²) in [5, 5.41) is 14.0. The molecule has 1 aromatic rings. The smallest absolute Gasteiger partial charge is 0.229 e. The molecule has 0 saturated heterocycles. The number of aromatic nitrogens is 2. The third-order valence-electron chi connectivity index (χ3n) is 4.06. The Morgan fingerprint density at radius 1 is 1.28 bits per heavy atom. The molecular formula is C13H21N3O2. The Labute approximate surface area is 107 Å². The third-order valence-corrected chi connectivity index (χ3v) is 4.06. The van der Waals surface area contributed by atoms with Gasteiger partial charge in [-0.3, -0.25) is 4.90 Å². The van der Waals surface area contributed by atoms with E-state index in [9.17, 15) is 5.11 Å². The molecule has 0 bridgehead atoms. The molecule has 2 aliphatic rings. The number of aliphatic hydroxyl groups excluding tert-OH is 1. The topological polar surface area (TPSA) is 62.4 Å². The maximum absolute atomic E-state index is 10.0. The number of rotatable bonds is 4. The summed E-state index contributed by atoms with van der Waals surface area (Å²) in [5.41, 5.74) is 0. The van der Waals surface area contributed by atoms with Gasteiger partial charge >= 0.3 is 0 Å². The minimum atomic E-state index is -0.210. The lowest BCUT2D eigenvalue weighted by Gasteiger charge is -2.34. The van der Waals surface area contributed by atoms with E-state index < -0.39 is 0 Å². The van der Waals surface area contributed by atoms with Gasteiger partial charge in [0, 0.05) is 12.0 Å². The van der Waals surface area contributed by atoms with Gasteiger partial charge in [0.25, 0.3) is 0 Å². The van der Waals surface area contributed by atoms with Gasteiger partial charge in [0.1, 0.15) is 0 Å². The molecule has 0 amide bonds. The molecule has 0 spiro atoms. The van der Waals surface area contributed by atoms with Gasteiger partial charge in [-0.1, -0.05) is 18.0 Å². The molecule has 1 heterocycles. The fraction of sp³-hybridized carbons (Fsp3) is 0.846. The Morgan fingerprint density at radius 3 is 2.78 bits per heavy atom. The fourth-order valence-electron chi connectivity index (χ4n) is 2.77. The molecule has 2 saturated carbocycles. The van der Waals surface area contributed by atoms with Crippen LogP contribution in [0.5, 0.6) is 0 Å². The van der Waals surface area contributed by atoms with E-state index in [1.54, 1.807) is 0 Å². The van der Waals surface area contributed by atoms with Gasteiger partial charge in [-0.2, -0.15) is 4.98 Å². The summed E-state index contributed by atoms with van der Waals surface area (Å²) in [6, 6.07) is 0.238. The predicted octanol–water partition coefficient (Wildman–Crippen LogP) is 1.68. The summed E-state index contributed by atoms with van der Waals surface area (Å²) in [7, 11) is 2.03. The van der Waals surface area contributed by atoms with Crippen molar-refractivity contribution in [2.45, 2.75) is 63.1 Å². The van der Waals surface area contributed by atoms with Gasteiger partial charge in [0.05, 0.1) is 12.6 Å². The average Bonchev–Trinajstić information content (AvgIpc) is 3.11. The second kappa shape index (κ2) is 4.97. The van der Waals surface area contributed by atoms with Crippen molar-refractivity contribution in [2.24, 2.45) is 0 Å². The lowest BCUT2D eigenvalue weighted by Crippen LogP contribution is -2.43. The zero-order chi connectivity index (χ0) is 12.5. The predicted molar refractivity (Wildman–Crippen MR) is 66.0 cm³/mol. The van der Waals surface area contributed by atoms with Crippen LogP contribution < -0.4 is 0 Å². The number of nitrogens with zero attached hydrogens (tertiary/aromatic N) is 3. The van der Waals surface area contributed by atoms with Crippen LogP contribution in [0.2, 0.25) is 0 Å². The first-order valence-electron chi connectivity index (χ1n) is 6.95. The Hall–Kier alpha value is -0.940. The van der Waals surface area contributed by atoms with Crippen molar-refractivity contribution in [1.29, 1.82) is 0 Å². The normalized spacial score (nSPS) is 28.8. The van der Waals surface area contributed by atoms with Crippen molar-refractivity contribution in [2.75, 3.05) is 7.05 Å². The summed E-state index contributed by atoms with van der Waals surface area (Å²) in [4.78, 5) is 6.59. The molecule has 0 aliphatic heterocycles. The molecule has 2 aliphatic carbocycles. The minimum absolute atomic E-state index is 0.210. The van der Waals surface area contributed by atoms with Gasteiger partial charge in [0.2, 0.25) is 5.89 Å². The van der Waals surface area contributed by atoms with Crippen molar-refractivity contribution in [3.8, 4) is 0 Å². The van der Waals surface area contributed by atoms with Crippen LogP contribution in [0.15, 0.2) is 4.52 Å². The van der Waals surface area contributed by atoms with Gasteiger partial charge < -0.3 is 9.63 Å². The third kappa shape index (κ3) is 2.57. The van der Waals surface area contributed by atoms with E-state index in [1.165, 1.54) is 19.3 Å². The quantitative estimate of drug-likeness (QED) is 0.882. The van der Waals surface area contributed by atoms with Gasteiger partial charge in [-0.05, 0) is 32.7 Å². The van der Waals surface area contributed by atoms with Crippen LogP contribution in [0.1, 0.15) is 56.2 Å². The lowest BCUT2D eigenvalue weighted by atomic mass is 9.91. The van der Waals surface area contributed by atoms with Crippen molar-refractivity contribution < 1.29 is 9.63 Å². The summed E-state index contributed by atoms with van der Waals surface area (Å²) in [5.74, 6) is 2.05. The Morgan fingerprint density at radius 2 is 2.06 bits per heavy atom. The maximum atomic E-state index is 10.0. The first-order valence-corrected chi connectivity index (χ1v) is 6.95. The van der Waals surface area contributed by atoms with Crippen molar-refractivity contribution in [3.05, 3.63) is 11.7 Å². The second-order valence-electron chi connectivity index (χ2n) is 5.66. The van der Waals surface area contributed by atoms with Crippen molar-refractivity contribution >= 4 is 0 Å². The van der Waals surface area contributed by atoms with E-state index in [0.29, 0.717) is 12.5 Å². The van der Waals surface area contributed by atoms with Crippen LogP contribution in [-0.4, -0.2) is 39.3 Å². The highest BCUT2D eigenvalue weighted by Crippen LogP contribution is 2.38. The molecule has 1 aromatic heterocycles. The lowest BCUT2D eigenvalue weighted by molar-refractivity contribution is 0.0275. The van der Waals surface area contributed by atoms with Gasteiger partial charge in [-0.15, -0.1) is 0 Å². The van der Waals surface area contributed by atoms with Crippen LogP contribution >= 0.6 is 0 Å².